The molecule has 0 N–H and O–H groups in total. The van der Waals surface area contributed by atoms with Gasteiger partial charge in [-0.3, -0.25) is 4.79 Å². The smallest absolute Gasteiger partial charge is 0.302 e. The number of nitrogens with zero attached hydrogens (tertiary/aromatic N) is 1. The van der Waals surface area contributed by atoms with E-state index in [0.717, 1.165) is 19.3 Å². The molecule has 0 amide bonds. The number of hydrogen-bond acceptors (Lipinski definition) is 3. The topological polar surface area (TPSA) is 50.1 Å². The highest BCUT2D eigenvalue weighted by atomic mass is 16.5. The van der Waals surface area contributed by atoms with Crippen molar-refractivity contribution in [3.05, 3.63) is 12.2 Å². The van der Waals surface area contributed by atoms with E-state index in [-0.39, 0.29) is 5.97 Å². The first-order valence-electron chi connectivity index (χ1n) is 4.42. The molecule has 72 valence electrons. The van der Waals surface area contributed by atoms with Crippen molar-refractivity contribution in [2.75, 3.05) is 6.61 Å². The van der Waals surface area contributed by atoms with Crippen LogP contribution in [0.15, 0.2) is 12.2 Å². The van der Waals surface area contributed by atoms with Crippen LogP contribution in [0.2, 0.25) is 0 Å². The summed E-state index contributed by atoms with van der Waals surface area (Å²) in [4.78, 5) is 10.3. The molecule has 13 heavy (non-hydrogen) atoms. The summed E-state index contributed by atoms with van der Waals surface area (Å²) in [6.07, 6.45) is 7.13. The van der Waals surface area contributed by atoms with Gasteiger partial charge in [0.05, 0.1) is 12.7 Å². The van der Waals surface area contributed by atoms with E-state index in [1.54, 1.807) is 0 Å². The Morgan fingerprint density at radius 1 is 1.46 bits per heavy atom. The van der Waals surface area contributed by atoms with Crippen LogP contribution >= 0.6 is 0 Å². The summed E-state index contributed by atoms with van der Waals surface area (Å²) in [5.74, 6) is -0.228. The molecule has 0 radical (unpaired) electrons. The Bertz CT molecular complexity index is 203. The largest absolute Gasteiger partial charge is 0.466 e. The summed E-state index contributed by atoms with van der Waals surface area (Å²) in [5.41, 5.74) is 0. The SMILES string of the molecule is CC(=O)OCCC/C=C/CCC#N. The molecule has 0 aliphatic heterocycles. The first-order chi connectivity index (χ1) is 6.27. The van der Waals surface area contributed by atoms with Crippen molar-refractivity contribution in [3.8, 4) is 6.07 Å². The van der Waals surface area contributed by atoms with E-state index < -0.39 is 0 Å². The van der Waals surface area contributed by atoms with Crippen LogP contribution in [-0.2, 0) is 9.53 Å². The maximum absolute atomic E-state index is 10.3. The van der Waals surface area contributed by atoms with Crippen LogP contribution in [0.25, 0.3) is 0 Å². The molecule has 0 atom stereocenters. The third-order valence-electron chi connectivity index (χ3n) is 1.41. The lowest BCUT2D eigenvalue weighted by atomic mass is 10.2. The van der Waals surface area contributed by atoms with E-state index in [1.807, 2.05) is 12.2 Å². The summed E-state index contributed by atoms with van der Waals surface area (Å²) < 4.78 is 4.74. The second kappa shape index (κ2) is 8.79. The maximum atomic E-state index is 10.3. The van der Waals surface area contributed by atoms with Crippen molar-refractivity contribution >= 4 is 5.97 Å². The Kier molecular flexibility index (Phi) is 7.91. The number of carbonyl (C=O) groups excluding carboxylic acids is 1. The van der Waals surface area contributed by atoms with Crippen LogP contribution < -0.4 is 0 Å². The van der Waals surface area contributed by atoms with Crippen molar-refractivity contribution in [1.82, 2.24) is 0 Å². The first-order valence-corrected chi connectivity index (χ1v) is 4.42. The van der Waals surface area contributed by atoms with Gasteiger partial charge < -0.3 is 4.74 Å². The zero-order valence-electron chi connectivity index (χ0n) is 7.95. The van der Waals surface area contributed by atoms with Crippen LogP contribution in [0.1, 0.15) is 32.6 Å². The molecule has 0 rings (SSSR count). The average molecular weight is 181 g/mol. The average Bonchev–Trinajstić information content (AvgIpc) is 2.09. The first kappa shape index (κ1) is 11.7. The van der Waals surface area contributed by atoms with Crippen molar-refractivity contribution in [3.63, 3.8) is 0 Å². The third kappa shape index (κ3) is 10.7. The van der Waals surface area contributed by atoms with Crippen LogP contribution in [0.4, 0.5) is 0 Å². The van der Waals surface area contributed by atoms with Gasteiger partial charge in [-0.1, -0.05) is 12.2 Å². The highest BCUT2D eigenvalue weighted by Crippen LogP contribution is 1.95. The van der Waals surface area contributed by atoms with Gasteiger partial charge in [0.15, 0.2) is 0 Å². The molecular weight excluding hydrogens is 166 g/mol. The predicted molar refractivity (Wildman–Crippen MR) is 49.9 cm³/mol. The van der Waals surface area contributed by atoms with Crippen LogP contribution in [0.5, 0.6) is 0 Å². The van der Waals surface area contributed by atoms with Crippen molar-refractivity contribution < 1.29 is 9.53 Å². The zero-order chi connectivity index (χ0) is 9.94. The Labute approximate surface area is 79.0 Å². The Hall–Kier alpha value is -1.30. The molecule has 0 heterocycles. The minimum atomic E-state index is -0.228. The lowest BCUT2D eigenvalue weighted by molar-refractivity contribution is -0.141. The van der Waals surface area contributed by atoms with E-state index in [0.29, 0.717) is 13.0 Å². The van der Waals surface area contributed by atoms with Gasteiger partial charge in [-0.2, -0.15) is 5.26 Å². The summed E-state index contributed by atoms with van der Waals surface area (Å²) in [5, 5.41) is 8.23. The van der Waals surface area contributed by atoms with Crippen LogP contribution in [-0.4, -0.2) is 12.6 Å². The standard InChI is InChI=1S/C10H15NO2/c1-10(12)13-9-7-5-3-2-4-6-8-11/h2-3H,4-7,9H2,1H3/b3-2+. The summed E-state index contributed by atoms with van der Waals surface area (Å²) >= 11 is 0. The van der Waals surface area contributed by atoms with Gasteiger partial charge in [0.2, 0.25) is 0 Å². The van der Waals surface area contributed by atoms with Gasteiger partial charge in [-0.25, -0.2) is 0 Å². The summed E-state index contributed by atoms with van der Waals surface area (Å²) in [7, 11) is 0. The lowest BCUT2D eigenvalue weighted by Crippen LogP contribution is -1.99. The number of rotatable bonds is 6. The number of unbranched alkanes of at least 4 members (excludes halogenated alkanes) is 2. The molecule has 0 fully saturated rings. The van der Waals surface area contributed by atoms with E-state index in [2.05, 4.69) is 6.07 Å². The van der Waals surface area contributed by atoms with Gasteiger partial charge in [0.25, 0.3) is 0 Å². The molecule has 0 aromatic rings. The molecule has 0 aromatic heterocycles. The summed E-state index contributed by atoms with van der Waals surface area (Å²) in [6.45, 7) is 1.89. The molecule has 3 heteroatoms. The Morgan fingerprint density at radius 2 is 2.15 bits per heavy atom. The van der Waals surface area contributed by atoms with Crippen molar-refractivity contribution in [2.24, 2.45) is 0 Å². The monoisotopic (exact) mass is 181 g/mol. The summed E-state index contributed by atoms with van der Waals surface area (Å²) in [6, 6.07) is 2.06. The number of esters is 1. The molecule has 0 saturated heterocycles. The van der Waals surface area contributed by atoms with Gasteiger partial charge in [-0.15, -0.1) is 0 Å². The number of nitriles is 1. The number of carbonyl (C=O) groups is 1. The maximum Gasteiger partial charge on any atom is 0.302 e. The fourth-order valence-electron chi connectivity index (χ4n) is 0.801. The fraction of sp³-hybridized carbons (Fsp3) is 0.600. The number of allylic oxidation sites excluding steroid dienone is 2. The Morgan fingerprint density at radius 3 is 2.77 bits per heavy atom. The van der Waals surface area contributed by atoms with Gasteiger partial charge >= 0.3 is 5.97 Å². The minimum absolute atomic E-state index is 0.228. The normalized spacial score (nSPS) is 9.85. The van der Waals surface area contributed by atoms with Crippen LogP contribution in [0.3, 0.4) is 0 Å². The number of hydrogen-bond donors (Lipinski definition) is 0. The number of ether oxygens (including phenoxy) is 1. The van der Waals surface area contributed by atoms with Gasteiger partial charge in [0, 0.05) is 13.3 Å². The molecule has 0 aliphatic rings. The second-order valence-corrected chi connectivity index (χ2v) is 2.65. The molecule has 3 nitrogen and oxygen atoms in total. The third-order valence-corrected chi connectivity index (χ3v) is 1.41. The predicted octanol–water partition coefficient (Wildman–Crippen LogP) is 2.19. The molecule has 0 spiro atoms. The zero-order valence-corrected chi connectivity index (χ0v) is 7.95. The van der Waals surface area contributed by atoms with E-state index in [4.69, 9.17) is 10.00 Å². The molecule has 0 unspecified atom stereocenters. The fourth-order valence-corrected chi connectivity index (χ4v) is 0.801. The van der Waals surface area contributed by atoms with Crippen molar-refractivity contribution in [2.45, 2.75) is 32.6 Å². The van der Waals surface area contributed by atoms with E-state index in [9.17, 15) is 4.79 Å². The van der Waals surface area contributed by atoms with E-state index in [1.165, 1.54) is 6.92 Å². The molecule has 0 saturated carbocycles. The lowest BCUT2D eigenvalue weighted by Gasteiger charge is -1.97. The van der Waals surface area contributed by atoms with E-state index >= 15 is 0 Å². The quantitative estimate of drug-likeness (QED) is 0.358. The molecule has 0 aliphatic carbocycles. The van der Waals surface area contributed by atoms with Gasteiger partial charge in [-0.05, 0) is 19.3 Å². The molecular formula is C10H15NO2. The second-order valence-electron chi connectivity index (χ2n) is 2.65. The molecule has 0 bridgehead atoms. The van der Waals surface area contributed by atoms with Crippen molar-refractivity contribution in [1.29, 1.82) is 5.26 Å². The highest BCUT2D eigenvalue weighted by Gasteiger charge is 1.89. The Balaban J connectivity index is 3.12. The molecule has 0 aromatic carbocycles. The van der Waals surface area contributed by atoms with Gasteiger partial charge in [0.1, 0.15) is 0 Å². The van der Waals surface area contributed by atoms with Crippen LogP contribution in [0, 0.1) is 11.3 Å². The minimum Gasteiger partial charge on any atom is -0.466 e. The highest BCUT2D eigenvalue weighted by molar-refractivity contribution is 5.65.